The number of fused-ring (bicyclic) bond motifs is 1. The summed E-state index contributed by atoms with van der Waals surface area (Å²) in [6.45, 7) is 6.57. The van der Waals surface area contributed by atoms with Gasteiger partial charge in [-0.1, -0.05) is 12.1 Å². The smallest absolute Gasteiger partial charge is 0.229 e. The molecule has 0 radical (unpaired) electrons. The minimum absolute atomic E-state index is 0.0414. The Morgan fingerprint density at radius 3 is 2.71 bits per heavy atom. The fourth-order valence-electron chi connectivity index (χ4n) is 3.82. The third-order valence-electron chi connectivity index (χ3n) is 5.53. The molecule has 160 valence electrons. The monoisotopic (exact) mass is 435 g/mol. The summed E-state index contributed by atoms with van der Waals surface area (Å²) in [5.74, 6) is 0.544. The van der Waals surface area contributed by atoms with Crippen LogP contribution in [0.3, 0.4) is 0 Å². The van der Waals surface area contributed by atoms with Crippen molar-refractivity contribution in [1.29, 1.82) is 0 Å². The van der Waals surface area contributed by atoms with E-state index in [9.17, 15) is 5.11 Å². The molecule has 0 atom stereocenters. The zero-order chi connectivity index (χ0) is 21.2. The number of nitrogens with one attached hydrogen (secondary N) is 2. The Kier molecular flexibility index (Phi) is 5.69. The number of H-pyrrole nitrogens is 1. The van der Waals surface area contributed by atoms with Crippen LogP contribution in [0.1, 0.15) is 16.0 Å². The predicted octanol–water partition coefficient (Wildman–Crippen LogP) is 4.06. The van der Waals surface area contributed by atoms with Crippen molar-refractivity contribution in [3.05, 3.63) is 58.6 Å². The molecule has 0 amide bonds. The lowest BCUT2D eigenvalue weighted by Crippen LogP contribution is -2.35. The van der Waals surface area contributed by atoms with E-state index in [4.69, 9.17) is 9.72 Å². The van der Waals surface area contributed by atoms with Gasteiger partial charge in [0.2, 0.25) is 5.95 Å². The van der Waals surface area contributed by atoms with Crippen LogP contribution in [-0.4, -0.2) is 51.3 Å². The van der Waals surface area contributed by atoms with Gasteiger partial charge in [0.1, 0.15) is 5.65 Å². The number of anilines is 2. The van der Waals surface area contributed by atoms with Gasteiger partial charge < -0.3 is 20.1 Å². The molecule has 0 spiro atoms. The zero-order valence-electron chi connectivity index (χ0n) is 17.4. The summed E-state index contributed by atoms with van der Waals surface area (Å²) >= 11 is 1.57. The highest BCUT2D eigenvalue weighted by Gasteiger charge is 2.15. The molecule has 5 rings (SSSR count). The van der Waals surface area contributed by atoms with E-state index in [0.29, 0.717) is 5.95 Å². The molecule has 1 saturated heterocycles. The maximum atomic E-state index is 9.58. The van der Waals surface area contributed by atoms with Gasteiger partial charge in [-0.2, -0.15) is 4.98 Å². The molecule has 1 aliphatic heterocycles. The molecule has 1 aliphatic rings. The second-order valence-corrected chi connectivity index (χ2v) is 8.86. The van der Waals surface area contributed by atoms with Crippen LogP contribution in [-0.2, 0) is 17.9 Å². The number of aliphatic hydroxyl groups is 1. The summed E-state index contributed by atoms with van der Waals surface area (Å²) in [6, 6.07) is 12.5. The molecular weight excluding hydrogens is 410 g/mol. The molecule has 0 bridgehead atoms. The maximum Gasteiger partial charge on any atom is 0.229 e. The number of morpholine rings is 1. The number of aryl methyl sites for hydroxylation is 1. The summed E-state index contributed by atoms with van der Waals surface area (Å²) < 4.78 is 5.42. The first-order valence-electron chi connectivity index (χ1n) is 10.4. The van der Waals surface area contributed by atoms with Gasteiger partial charge in [0.15, 0.2) is 0 Å². The van der Waals surface area contributed by atoms with E-state index in [-0.39, 0.29) is 6.61 Å². The van der Waals surface area contributed by atoms with E-state index in [0.717, 1.165) is 70.6 Å². The van der Waals surface area contributed by atoms with Crippen LogP contribution < -0.4 is 5.32 Å². The minimum Gasteiger partial charge on any atom is -0.391 e. The van der Waals surface area contributed by atoms with E-state index < -0.39 is 0 Å². The van der Waals surface area contributed by atoms with Gasteiger partial charge in [-0.05, 0) is 42.3 Å². The van der Waals surface area contributed by atoms with Crippen LogP contribution in [0, 0.1) is 6.92 Å². The number of benzene rings is 1. The van der Waals surface area contributed by atoms with Gasteiger partial charge in [0, 0.05) is 41.8 Å². The third kappa shape index (κ3) is 4.33. The fraction of sp³-hybridized carbons (Fsp3) is 0.304. The first kappa shape index (κ1) is 20.1. The van der Waals surface area contributed by atoms with Crippen LogP contribution in [0.4, 0.5) is 11.6 Å². The standard InChI is InChI=1S/C23H25N5O2S/c1-15-12-19(31-20(15)14-29)21-18-6-7-24-22(18)27-23(26-21)25-17-4-2-16(3-5-17)13-28-8-10-30-11-9-28/h2-7,12,29H,8-11,13-14H2,1H3,(H2,24,25,26,27). The molecule has 4 heterocycles. The summed E-state index contributed by atoms with van der Waals surface area (Å²) in [4.78, 5) is 17.0. The van der Waals surface area contributed by atoms with Crippen LogP contribution in [0.25, 0.3) is 21.6 Å². The minimum atomic E-state index is 0.0414. The van der Waals surface area contributed by atoms with Crippen LogP contribution in [0.15, 0.2) is 42.6 Å². The Balaban J connectivity index is 1.39. The third-order valence-corrected chi connectivity index (χ3v) is 6.76. The number of nitrogens with zero attached hydrogens (tertiary/aromatic N) is 3. The highest BCUT2D eigenvalue weighted by atomic mass is 32.1. The van der Waals surface area contributed by atoms with E-state index >= 15 is 0 Å². The van der Waals surface area contributed by atoms with Gasteiger partial charge in [-0.3, -0.25) is 4.90 Å². The molecule has 4 aromatic rings. The lowest BCUT2D eigenvalue weighted by atomic mass is 10.2. The molecule has 3 N–H and O–H groups in total. The van der Waals surface area contributed by atoms with Crippen molar-refractivity contribution >= 4 is 34.0 Å². The van der Waals surface area contributed by atoms with Gasteiger partial charge in [0.05, 0.1) is 30.4 Å². The molecule has 1 aromatic carbocycles. The average Bonchev–Trinajstić information content (AvgIpc) is 3.41. The molecule has 0 saturated carbocycles. The van der Waals surface area contributed by atoms with Gasteiger partial charge in [-0.25, -0.2) is 4.98 Å². The SMILES string of the molecule is Cc1cc(-c2nc(Nc3ccc(CN4CCOCC4)cc3)nc3[nH]ccc23)sc1CO. The maximum absolute atomic E-state index is 9.58. The topological polar surface area (TPSA) is 86.3 Å². The van der Waals surface area contributed by atoms with Crippen molar-refractivity contribution in [2.75, 3.05) is 31.6 Å². The Morgan fingerprint density at radius 2 is 1.97 bits per heavy atom. The van der Waals surface area contributed by atoms with E-state index in [1.165, 1.54) is 5.56 Å². The van der Waals surface area contributed by atoms with Crippen molar-refractivity contribution in [2.45, 2.75) is 20.1 Å². The van der Waals surface area contributed by atoms with Crippen molar-refractivity contribution in [3.63, 3.8) is 0 Å². The van der Waals surface area contributed by atoms with E-state index in [1.807, 2.05) is 19.2 Å². The molecule has 1 fully saturated rings. The lowest BCUT2D eigenvalue weighted by molar-refractivity contribution is 0.0342. The van der Waals surface area contributed by atoms with Gasteiger partial charge in [0.25, 0.3) is 0 Å². The zero-order valence-corrected chi connectivity index (χ0v) is 18.2. The number of aromatic amines is 1. The van der Waals surface area contributed by atoms with E-state index in [1.54, 1.807) is 11.3 Å². The number of hydrogen-bond acceptors (Lipinski definition) is 7. The van der Waals surface area contributed by atoms with Gasteiger partial charge in [-0.15, -0.1) is 11.3 Å². The lowest BCUT2D eigenvalue weighted by Gasteiger charge is -2.26. The van der Waals surface area contributed by atoms with Crippen LogP contribution >= 0.6 is 11.3 Å². The Hall–Kier alpha value is -2.78. The molecule has 7 nitrogen and oxygen atoms in total. The number of aliphatic hydroxyl groups excluding tert-OH is 1. The first-order valence-corrected chi connectivity index (χ1v) is 11.2. The Bertz CT molecular complexity index is 1180. The second kappa shape index (κ2) is 8.76. The highest BCUT2D eigenvalue weighted by molar-refractivity contribution is 7.15. The number of ether oxygens (including phenoxy) is 1. The highest BCUT2D eigenvalue weighted by Crippen LogP contribution is 2.35. The second-order valence-electron chi connectivity index (χ2n) is 7.72. The Labute approximate surface area is 184 Å². The number of thiophene rings is 1. The van der Waals surface area contributed by atoms with E-state index in [2.05, 4.69) is 50.5 Å². The quantitative estimate of drug-likeness (QED) is 0.423. The summed E-state index contributed by atoms with van der Waals surface area (Å²) in [7, 11) is 0. The molecular formula is C23H25N5O2S. The summed E-state index contributed by atoms with van der Waals surface area (Å²) in [5, 5.41) is 13.9. The predicted molar refractivity (Wildman–Crippen MR) is 124 cm³/mol. The summed E-state index contributed by atoms with van der Waals surface area (Å²) in [5.41, 5.74) is 4.95. The Morgan fingerprint density at radius 1 is 1.16 bits per heavy atom. The van der Waals surface area contributed by atoms with Gasteiger partial charge >= 0.3 is 0 Å². The normalized spacial score (nSPS) is 14.9. The number of hydrogen-bond donors (Lipinski definition) is 3. The van der Waals surface area contributed by atoms with Crippen molar-refractivity contribution < 1.29 is 9.84 Å². The molecule has 3 aromatic heterocycles. The molecule has 0 aliphatic carbocycles. The molecule has 31 heavy (non-hydrogen) atoms. The van der Waals surface area contributed by atoms with Crippen molar-refractivity contribution in [3.8, 4) is 10.6 Å². The fourth-order valence-corrected chi connectivity index (χ4v) is 4.86. The first-order chi connectivity index (χ1) is 15.2. The number of rotatable bonds is 6. The molecule has 8 heteroatoms. The van der Waals surface area contributed by atoms with Crippen molar-refractivity contribution in [2.24, 2.45) is 0 Å². The molecule has 0 unspecified atom stereocenters. The summed E-state index contributed by atoms with van der Waals surface area (Å²) in [6.07, 6.45) is 1.88. The van der Waals surface area contributed by atoms with Crippen molar-refractivity contribution in [1.82, 2.24) is 19.9 Å². The van der Waals surface area contributed by atoms with Crippen LogP contribution in [0.5, 0.6) is 0 Å². The average molecular weight is 436 g/mol. The number of aromatic nitrogens is 3. The van der Waals surface area contributed by atoms with Crippen LogP contribution in [0.2, 0.25) is 0 Å². The largest absolute Gasteiger partial charge is 0.391 e.